The zero-order valence-electron chi connectivity index (χ0n) is 8.47. The highest BCUT2D eigenvalue weighted by atomic mass is 32.2. The van der Waals surface area contributed by atoms with Crippen molar-refractivity contribution in [2.24, 2.45) is 0 Å². The molecule has 0 fully saturated rings. The number of rotatable bonds is 3. The van der Waals surface area contributed by atoms with Gasteiger partial charge in [-0.05, 0) is 11.8 Å². The van der Waals surface area contributed by atoms with E-state index in [1.165, 1.54) is 35.5 Å². The van der Waals surface area contributed by atoms with Crippen LogP contribution in [0.15, 0.2) is 11.6 Å². The number of thioether (sulfide) groups is 1. The number of quaternary nitrogens is 1. The van der Waals surface area contributed by atoms with E-state index in [1.807, 2.05) is 11.8 Å². The lowest BCUT2D eigenvalue weighted by Gasteiger charge is -2.32. The lowest BCUT2D eigenvalue weighted by atomic mass is 10.1. The summed E-state index contributed by atoms with van der Waals surface area (Å²) in [5.74, 6) is 2.51. The molecule has 0 unspecified atom stereocenters. The van der Waals surface area contributed by atoms with Crippen LogP contribution in [0.1, 0.15) is 13.3 Å². The molecule has 12 heavy (non-hydrogen) atoms. The third-order valence-electron chi connectivity index (χ3n) is 2.40. The van der Waals surface area contributed by atoms with Crippen molar-refractivity contribution in [3.8, 4) is 0 Å². The minimum Gasteiger partial charge on any atom is -0.325 e. The Hall–Kier alpha value is 0.0500. The lowest BCUT2D eigenvalue weighted by Crippen LogP contribution is -2.43. The predicted octanol–water partition coefficient (Wildman–Crippen LogP) is 2.15. The van der Waals surface area contributed by atoms with E-state index < -0.39 is 0 Å². The summed E-state index contributed by atoms with van der Waals surface area (Å²) in [4.78, 5) is 0. The molecule has 1 nitrogen and oxygen atoms in total. The van der Waals surface area contributed by atoms with Crippen molar-refractivity contribution in [1.29, 1.82) is 0 Å². The van der Waals surface area contributed by atoms with Crippen LogP contribution in [0.4, 0.5) is 0 Å². The normalized spacial score (nSPS) is 22.1. The van der Waals surface area contributed by atoms with Gasteiger partial charge in [0.25, 0.3) is 0 Å². The first kappa shape index (κ1) is 10.1. The Balaban J connectivity index is 2.34. The Labute approximate surface area is 80.4 Å². The molecule has 0 radical (unpaired) electrons. The van der Waals surface area contributed by atoms with Crippen LogP contribution in [-0.4, -0.2) is 43.2 Å². The molecule has 0 N–H and O–H groups in total. The van der Waals surface area contributed by atoms with Gasteiger partial charge in [-0.2, -0.15) is 11.8 Å². The fraction of sp³-hybridized carbons (Fsp3) is 0.800. The monoisotopic (exact) mass is 186 g/mol. The van der Waals surface area contributed by atoms with E-state index >= 15 is 0 Å². The second-order valence-electron chi connectivity index (χ2n) is 4.09. The number of likely N-dealkylation sites (N-methyl/N-ethyl adjacent to an activating group) is 1. The summed E-state index contributed by atoms with van der Waals surface area (Å²) in [5.41, 5.74) is 1.67. The molecular formula is C10H20NS+. The largest absolute Gasteiger partial charge is 0.325 e. The molecule has 1 heterocycles. The molecule has 0 atom stereocenters. The molecule has 0 bridgehead atoms. The van der Waals surface area contributed by atoms with Crippen molar-refractivity contribution in [3.63, 3.8) is 0 Å². The van der Waals surface area contributed by atoms with Crippen molar-refractivity contribution < 1.29 is 4.48 Å². The average Bonchev–Trinajstić information content (AvgIpc) is 2.03. The highest BCUT2D eigenvalue weighted by molar-refractivity contribution is 7.99. The highest BCUT2D eigenvalue weighted by Crippen LogP contribution is 2.18. The molecule has 0 saturated carbocycles. The molecule has 70 valence electrons. The van der Waals surface area contributed by atoms with Crippen LogP contribution in [0.25, 0.3) is 0 Å². The number of nitrogens with zero attached hydrogens (tertiary/aromatic N) is 1. The summed E-state index contributed by atoms with van der Waals surface area (Å²) in [5, 5.41) is 0. The van der Waals surface area contributed by atoms with Crippen LogP contribution < -0.4 is 0 Å². The van der Waals surface area contributed by atoms with Gasteiger partial charge in [-0.1, -0.05) is 12.5 Å². The molecule has 0 aromatic rings. The Morgan fingerprint density at radius 2 is 2.25 bits per heavy atom. The van der Waals surface area contributed by atoms with E-state index in [-0.39, 0.29) is 0 Å². The zero-order valence-corrected chi connectivity index (χ0v) is 9.28. The van der Waals surface area contributed by atoms with Crippen LogP contribution in [0.3, 0.4) is 0 Å². The van der Waals surface area contributed by atoms with Gasteiger partial charge in [0, 0.05) is 12.2 Å². The second kappa shape index (κ2) is 4.33. The maximum absolute atomic E-state index is 2.44. The van der Waals surface area contributed by atoms with Crippen LogP contribution in [0.2, 0.25) is 0 Å². The van der Waals surface area contributed by atoms with Gasteiger partial charge in [-0.3, -0.25) is 0 Å². The van der Waals surface area contributed by atoms with Gasteiger partial charge in [0.2, 0.25) is 0 Å². The SMILES string of the molecule is CCSCC1=CC[N+](C)(C)CC1. The summed E-state index contributed by atoms with van der Waals surface area (Å²) in [6, 6.07) is 0. The standard InChI is InChI=1S/C10H20NS/c1-4-12-9-10-5-7-11(2,3)8-6-10/h5H,4,6-9H2,1-3H3/q+1. The average molecular weight is 186 g/mol. The molecule has 1 rings (SSSR count). The predicted molar refractivity (Wildman–Crippen MR) is 57.5 cm³/mol. The van der Waals surface area contributed by atoms with Crippen molar-refractivity contribution in [2.75, 3.05) is 38.7 Å². The van der Waals surface area contributed by atoms with Gasteiger partial charge in [0.15, 0.2) is 0 Å². The minimum absolute atomic E-state index is 1.17. The number of hydrogen-bond donors (Lipinski definition) is 0. The summed E-state index contributed by atoms with van der Waals surface area (Å²) >= 11 is 2.04. The molecule has 1 aliphatic rings. The maximum Gasteiger partial charge on any atom is 0.0972 e. The fourth-order valence-electron chi connectivity index (χ4n) is 1.38. The Morgan fingerprint density at radius 3 is 2.75 bits per heavy atom. The molecule has 0 aromatic carbocycles. The zero-order chi connectivity index (χ0) is 9.03. The molecule has 0 saturated heterocycles. The first-order valence-corrected chi connectivity index (χ1v) is 5.87. The smallest absolute Gasteiger partial charge is 0.0972 e. The van der Waals surface area contributed by atoms with Gasteiger partial charge in [0.1, 0.15) is 0 Å². The van der Waals surface area contributed by atoms with E-state index in [4.69, 9.17) is 0 Å². The van der Waals surface area contributed by atoms with Crippen molar-refractivity contribution in [2.45, 2.75) is 13.3 Å². The van der Waals surface area contributed by atoms with E-state index in [0.717, 1.165) is 0 Å². The minimum atomic E-state index is 1.17. The Morgan fingerprint density at radius 1 is 1.50 bits per heavy atom. The maximum atomic E-state index is 2.44. The number of hydrogen-bond acceptors (Lipinski definition) is 1. The topological polar surface area (TPSA) is 0 Å². The molecule has 0 amide bonds. The van der Waals surface area contributed by atoms with Crippen LogP contribution in [0, 0.1) is 0 Å². The summed E-state index contributed by atoms with van der Waals surface area (Å²) in [6.45, 7) is 4.77. The molecule has 0 aliphatic carbocycles. The van der Waals surface area contributed by atoms with Gasteiger partial charge >= 0.3 is 0 Å². The first-order chi connectivity index (χ1) is 5.64. The van der Waals surface area contributed by atoms with Crippen LogP contribution in [-0.2, 0) is 0 Å². The fourth-order valence-corrected chi connectivity index (χ4v) is 2.11. The summed E-state index contributed by atoms with van der Waals surface area (Å²) in [6.07, 6.45) is 3.74. The molecule has 1 aliphatic heterocycles. The van der Waals surface area contributed by atoms with Crippen LogP contribution in [0.5, 0.6) is 0 Å². The summed E-state index contributed by atoms with van der Waals surface area (Å²) < 4.78 is 1.17. The van der Waals surface area contributed by atoms with Gasteiger partial charge < -0.3 is 4.48 Å². The third-order valence-corrected chi connectivity index (χ3v) is 3.39. The van der Waals surface area contributed by atoms with Crippen molar-refractivity contribution >= 4 is 11.8 Å². The van der Waals surface area contributed by atoms with Gasteiger partial charge in [-0.15, -0.1) is 0 Å². The molecular weight excluding hydrogens is 166 g/mol. The second-order valence-corrected chi connectivity index (χ2v) is 5.37. The van der Waals surface area contributed by atoms with Gasteiger partial charge in [-0.25, -0.2) is 0 Å². The Kier molecular flexibility index (Phi) is 3.66. The van der Waals surface area contributed by atoms with E-state index in [0.29, 0.717) is 0 Å². The highest BCUT2D eigenvalue weighted by Gasteiger charge is 2.18. The van der Waals surface area contributed by atoms with E-state index in [9.17, 15) is 0 Å². The van der Waals surface area contributed by atoms with E-state index in [1.54, 1.807) is 5.57 Å². The quantitative estimate of drug-likeness (QED) is 0.481. The van der Waals surface area contributed by atoms with Gasteiger partial charge in [0.05, 0.1) is 27.2 Å². The van der Waals surface area contributed by atoms with Crippen molar-refractivity contribution in [3.05, 3.63) is 11.6 Å². The van der Waals surface area contributed by atoms with E-state index in [2.05, 4.69) is 27.1 Å². The van der Waals surface area contributed by atoms with Crippen LogP contribution >= 0.6 is 11.8 Å². The first-order valence-electron chi connectivity index (χ1n) is 4.72. The third kappa shape index (κ3) is 3.20. The Bertz CT molecular complexity index is 173. The molecule has 2 heteroatoms. The molecule has 0 spiro atoms. The lowest BCUT2D eigenvalue weighted by molar-refractivity contribution is -0.885. The van der Waals surface area contributed by atoms with Crippen molar-refractivity contribution in [1.82, 2.24) is 0 Å². The summed E-state index contributed by atoms with van der Waals surface area (Å²) in [7, 11) is 4.61. The molecule has 0 aromatic heterocycles.